The van der Waals surface area contributed by atoms with E-state index in [2.05, 4.69) is 23.2 Å². The summed E-state index contributed by atoms with van der Waals surface area (Å²) < 4.78 is 1.19. The molecular weight excluding hydrogens is 422 g/mol. The van der Waals surface area contributed by atoms with Crippen molar-refractivity contribution in [2.24, 2.45) is 5.92 Å². The second kappa shape index (κ2) is 10.6. The molecule has 2 aromatic rings. The standard InChI is InChI=1S/C24H35N5O2S/c1-3-4-8-18(17-25-2)22(30)29-12-7-10-20(29)23(31)27-13-15-28(16-14-27)24-26-19-9-5-6-11-21(19)32-24/h5-6,9,11,18,20,25H,3-4,7-8,10,12-17H2,1-2H3/t18-,20+/m1/s1. The molecule has 8 heteroatoms. The molecule has 2 fully saturated rings. The van der Waals surface area contributed by atoms with E-state index in [0.29, 0.717) is 26.2 Å². The summed E-state index contributed by atoms with van der Waals surface area (Å²) in [5.41, 5.74) is 1.03. The zero-order valence-corrected chi connectivity index (χ0v) is 20.1. The molecule has 4 rings (SSSR count). The number of benzene rings is 1. The maximum atomic E-state index is 13.4. The van der Waals surface area contributed by atoms with Gasteiger partial charge in [-0.2, -0.15) is 0 Å². The van der Waals surface area contributed by atoms with Gasteiger partial charge in [0.1, 0.15) is 6.04 Å². The molecule has 2 saturated heterocycles. The number of nitrogens with zero attached hydrogens (tertiary/aromatic N) is 4. The smallest absolute Gasteiger partial charge is 0.245 e. The van der Waals surface area contributed by atoms with Gasteiger partial charge in [0.15, 0.2) is 5.13 Å². The molecule has 1 N–H and O–H groups in total. The molecule has 1 aromatic carbocycles. The Balaban J connectivity index is 1.36. The summed E-state index contributed by atoms with van der Waals surface area (Å²) in [6.45, 7) is 6.46. The van der Waals surface area contributed by atoms with Crippen LogP contribution in [0.4, 0.5) is 5.13 Å². The number of likely N-dealkylation sites (tertiary alicyclic amines) is 1. The van der Waals surface area contributed by atoms with Gasteiger partial charge < -0.3 is 20.0 Å². The van der Waals surface area contributed by atoms with Crippen molar-refractivity contribution in [2.75, 3.05) is 51.2 Å². The summed E-state index contributed by atoms with van der Waals surface area (Å²) in [6, 6.07) is 7.91. The van der Waals surface area contributed by atoms with Crippen LogP contribution in [0.2, 0.25) is 0 Å². The minimum atomic E-state index is -0.294. The van der Waals surface area contributed by atoms with Crippen LogP contribution >= 0.6 is 11.3 Å². The zero-order chi connectivity index (χ0) is 22.5. The minimum absolute atomic E-state index is 0.0377. The van der Waals surface area contributed by atoms with E-state index >= 15 is 0 Å². The lowest BCUT2D eigenvalue weighted by atomic mass is 9.99. The Bertz CT molecular complexity index is 891. The topological polar surface area (TPSA) is 68.8 Å². The lowest BCUT2D eigenvalue weighted by Crippen LogP contribution is -2.55. The molecule has 2 atom stereocenters. The van der Waals surface area contributed by atoms with Crippen molar-refractivity contribution >= 4 is 38.5 Å². The number of para-hydroxylation sites is 1. The van der Waals surface area contributed by atoms with Crippen molar-refractivity contribution < 1.29 is 9.59 Å². The Kier molecular flexibility index (Phi) is 7.63. The van der Waals surface area contributed by atoms with Crippen LogP contribution in [0.1, 0.15) is 39.0 Å². The van der Waals surface area contributed by atoms with Crippen LogP contribution in [0.3, 0.4) is 0 Å². The Hall–Kier alpha value is -2.19. The third-order valence-electron chi connectivity index (χ3n) is 6.67. The molecular formula is C24H35N5O2S. The molecule has 1 aromatic heterocycles. The van der Waals surface area contributed by atoms with E-state index in [1.54, 1.807) is 11.3 Å². The van der Waals surface area contributed by atoms with Gasteiger partial charge in [-0.1, -0.05) is 43.2 Å². The predicted octanol–water partition coefficient (Wildman–Crippen LogP) is 2.96. The van der Waals surface area contributed by atoms with Gasteiger partial charge in [0, 0.05) is 39.3 Å². The van der Waals surface area contributed by atoms with Crippen LogP contribution in [0.25, 0.3) is 10.2 Å². The Morgan fingerprint density at radius 1 is 1.19 bits per heavy atom. The molecule has 7 nitrogen and oxygen atoms in total. The predicted molar refractivity (Wildman–Crippen MR) is 130 cm³/mol. The summed E-state index contributed by atoms with van der Waals surface area (Å²) in [6.07, 6.45) is 4.69. The van der Waals surface area contributed by atoms with Crippen molar-refractivity contribution in [3.8, 4) is 0 Å². The average molecular weight is 458 g/mol. The number of piperazine rings is 1. The number of rotatable bonds is 8. The van der Waals surface area contributed by atoms with Crippen LogP contribution in [0.5, 0.6) is 0 Å². The van der Waals surface area contributed by atoms with E-state index in [1.165, 1.54) is 4.70 Å². The van der Waals surface area contributed by atoms with Crippen LogP contribution in [0.15, 0.2) is 24.3 Å². The van der Waals surface area contributed by atoms with Crippen molar-refractivity contribution in [3.63, 3.8) is 0 Å². The highest BCUT2D eigenvalue weighted by Crippen LogP contribution is 2.30. The van der Waals surface area contributed by atoms with E-state index in [-0.39, 0.29) is 23.8 Å². The first-order valence-electron chi connectivity index (χ1n) is 12.0. The van der Waals surface area contributed by atoms with E-state index < -0.39 is 0 Å². The van der Waals surface area contributed by atoms with Gasteiger partial charge in [-0.05, 0) is 38.4 Å². The molecule has 2 amide bonds. The number of nitrogens with one attached hydrogen (secondary N) is 1. The molecule has 2 aliphatic rings. The first-order valence-corrected chi connectivity index (χ1v) is 12.8. The van der Waals surface area contributed by atoms with Gasteiger partial charge in [0.05, 0.1) is 16.1 Å². The fourth-order valence-corrected chi connectivity index (χ4v) is 5.87. The molecule has 0 radical (unpaired) electrons. The number of anilines is 1. The second-order valence-corrected chi connectivity index (χ2v) is 9.87. The van der Waals surface area contributed by atoms with Gasteiger partial charge in [-0.25, -0.2) is 4.98 Å². The molecule has 0 bridgehead atoms. The molecule has 32 heavy (non-hydrogen) atoms. The highest BCUT2D eigenvalue weighted by atomic mass is 32.1. The minimum Gasteiger partial charge on any atom is -0.345 e. The number of hydrogen-bond acceptors (Lipinski definition) is 6. The Labute approximate surface area is 194 Å². The van der Waals surface area contributed by atoms with E-state index in [1.807, 2.05) is 35.0 Å². The number of amides is 2. The number of carbonyl (C=O) groups is 2. The van der Waals surface area contributed by atoms with Crippen molar-refractivity contribution in [3.05, 3.63) is 24.3 Å². The fraction of sp³-hybridized carbons (Fsp3) is 0.625. The maximum absolute atomic E-state index is 13.4. The van der Waals surface area contributed by atoms with Gasteiger partial charge >= 0.3 is 0 Å². The van der Waals surface area contributed by atoms with Crippen LogP contribution in [-0.4, -0.2) is 79.0 Å². The van der Waals surface area contributed by atoms with Crippen molar-refractivity contribution in [1.29, 1.82) is 0 Å². The molecule has 2 aliphatic heterocycles. The van der Waals surface area contributed by atoms with Crippen LogP contribution < -0.4 is 10.2 Å². The number of unbranched alkanes of at least 4 members (excludes halogenated alkanes) is 1. The second-order valence-electron chi connectivity index (χ2n) is 8.86. The molecule has 0 saturated carbocycles. The third kappa shape index (κ3) is 4.91. The SMILES string of the molecule is CCCC[C@H](CNC)C(=O)N1CCC[C@H]1C(=O)N1CCN(c2nc3ccccc3s2)CC1. The molecule has 3 heterocycles. The summed E-state index contributed by atoms with van der Waals surface area (Å²) in [5.74, 6) is 0.236. The van der Waals surface area contributed by atoms with Gasteiger partial charge in [-0.15, -0.1) is 0 Å². The zero-order valence-electron chi connectivity index (χ0n) is 19.3. The summed E-state index contributed by atoms with van der Waals surface area (Å²) in [5, 5.41) is 4.19. The Morgan fingerprint density at radius 2 is 1.97 bits per heavy atom. The van der Waals surface area contributed by atoms with Crippen LogP contribution in [0, 0.1) is 5.92 Å². The summed E-state index contributed by atoms with van der Waals surface area (Å²) in [7, 11) is 1.89. The molecule has 0 aliphatic carbocycles. The molecule has 174 valence electrons. The van der Waals surface area contributed by atoms with E-state index in [4.69, 9.17) is 4.98 Å². The largest absolute Gasteiger partial charge is 0.345 e. The lowest BCUT2D eigenvalue weighted by Gasteiger charge is -2.37. The summed E-state index contributed by atoms with van der Waals surface area (Å²) in [4.78, 5) is 37.5. The first kappa shape index (κ1) is 23.0. The maximum Gasteiger partial charge on any atom is 0.245 e. The number of thiazole rings is 1. The number of carbonyl (C=O) groups excluding carboxylic acids is 2. The van der Waals surface area contributed by atoms with Crippen molar-refractivity contribution in [1.82, 2.24) is 20.1 Å². The number of hydrogen-bond donors (Lipinski definition) is 1. The van der Waals surface area contributed by atoms with E-state index in [9.17, 15) is 9.59 Å². The van der Waals surface area contributed by atoms with E-state index in [0.717, 1.165) is 55.8 Å². The van der Waals surface area contributed by atoms with Gasteiger partial charge in [0.25, 0.3) is 0 Å². The average Bonchev–Trinajstić information content (AvgIpc) is 3.48. The highest BCUT2D eigenvalue weighted by molar-refractivity contribution is 7.22. The Morgan fingerprint density at radius 3 is 2.69 bits per heavy atom. The highest BCUT2D eigenvalue weighted by Gasteiger charge is 2.39. The van der Waals surface area contributed by atoms with Crippen LogP contribution in [-0.2, 0) is 9.59 Å². The lowest BCUT2D eigenvalue weighted by molar-refractivity contribution is -0.146. The fourth-order valence-electron chi connectivity index (χ4n) is 4.86. The monoisotopic (exact) mass is 457 g/mol. The number of aromatic nitrogens is 1. The quantitative estimate of drug-likeness (QED) is 0.660. The first-order chi connectivity index (χ1) is 15.6. The molecule has 0 unspecified atom stereocenters. The van der Waals surface area contributed by atoms with Gasteiger partial charge in [0.2, 0.25) is 11.8 Å². The third-order valence-corrected chi connectivity index (χ3v) is 7.77. The normalized spacial score (nSPS) is 20.2. The molecule has 0 spiro atoms. The van der Waals surface area contributed by atoms with Crippen molar-refractivity contribution in [2.45, 2.75) is 45.1 Å². The summed E-state index contributed by atoms with van der Waals surface area (Å²) >= 11 is 1.71. The van der Waals surface area contributed by atoms with Gasteiger partial charge in [-0.3, -0.25) is 9.59 Å². The number of fused-ring (bicyclic) bond motifs is 1.